The van der Waals surface area contributed by atoms with Crippen molar-refractivity contribution in [2.24, 2.45) is 5.41 Å². The Morgan fingerprint density at radius 3 is 2.24 bits per heavy atom. The molecular formula is C17H29NO7. The SMILES string of the molecule is COC(=O)[C@H](CC[C@@H]1O[C@H](C(C)(C)C)OC1=O)NC(=O)OC(C)(C)C. The van der Waals surface area contributed by atoms with Crippen molar-refractivity contribution in [3.05, 3.63) is 0 Å². The zero-order valence-corrected chi connectivity index (χ0v) is 16.0. The summed E-state index contributed by atoms with van der Waals surface area (Å²) in [5.74, 6) is -1.09. The van der Waals surface area contributed by atoms with Crippen LogP contribution in [0.3, 0.4) is 0 Å². The minimum Gasteiger partial charge on any atom is -0.467 e. The van der Waals surface area contributed by atoms with Gasteiger partial charge in [0.15, 0.2) is 6.10 Å². The lowest BCUT2D eigenvalue weighted by atomic mass is 9.96. The van der Waals surface area contributed by atoms with E-state index in [4.69, 9.17) is 18.9 Å². The molecule has 8 heteroatoms. The van der Waals surface area contributed by atoms with E-state index >= 15 is 0 Å². The van der Waals surface area contributed by atoms with E-state index in [-0.39, 0.29) is 18.3 Å². The van der Waals surface area contributed by atoms with Gasteiger partial charge in [0.2, 0.25) is 6.29 Å². The van der Waals surface area contributed by atoms with Crippen molar-refractivity contribution in [3.63, 3.8) is 0 Å². The number of methoxy groups -OCH3 is 1. The number of amides is 1. The van der Waals surface area contributed by atoms with E-state index in [2.05, 4.69) is 5.32 Å². The number of rotatable bonds is 5. The third-order valence-corrected chi connectivity index (χ3v) is 3.38. The van der Waals surface area contributed by atoms with E-state index in [1.807, 2.05) is 20.8 Å². The second-order valence-corrected chi connectivity index (χ2v) is 8.06. The second-order valence-electron chi connectivity index (χ2n) is 8.06. The molecule has 0 bridgehead atoms. The van der Waals surface area contributed by atoms with E-state index in [1.54, 1.807) is 20.8 Å². The lowest BCUT2D eigenvalue weighted by Crippen LogP contribution is -2.44. The van der Waals surface area contributed by atoms with Gasteiger partial charge in [0.25, 0.3) is 0 Å². The third kappa shape index (κ3) is 6.89. The summed E-state index contributed by atoms with van der Waals surface area (Å²) in [5, 5.41) is 2.46. The number of ether oxygens (including phenoxy) is 4. The number of hydrogen-bond acceptors (Lipinski definition) is 7. The van der Waals surface area contributed by atoms with Gasteiger partial charge in [-0.3, -0.25) is 0 Å². The number of alkyl carbamates (subject to hydrolysis) is 1. The molecule has 1 amide bonds. The van der Waals surface area contributed by atoms with Crippen LogP contribution >= 0.6 is 0 Å². The van der Waals surface area contributed by atoms with E-state index in [0.717, 1.165) is 0 Å². The molecule has 0 unspecified atom stereocenters. The predicted molar refractivity (Wildman–Crippen MR) is 88.6 cm³/mol. The molecule has 0 aromatic heterocycles. The first-order valence-electron chi connectivity index (χ1n) is 8.27. The smallest absolute Gasteiger partial charge is 0.408 e. The molecule has 3 atom stereocenters. The summed E-state index contributed by atoms with van der Waals surface area (Å²) in [7, 11) is 1.22. The number of carbonyl (C=O) groups excluding carboxylic acids is 3. The fraction of sp³-hybridized carbons (Fsp3) is 0.824. The molecule has 0 spiro atoms. The maximum Gasteiger partial charge on any atom is 0.408 e. The monoisotopic (exact) mass is 359 g/mol. The molecule has 1 rings (SSSR count). The van der Waals surface area contributed by atoms with Gasteiger partial charge in [-0.2, -0.15) is 0 Å². The van der Waals surface area contributed by atoms with Crippen LogP contribution in [0.25, 0.3) is 0 Å². The Morgan fingerprint density at radius 1 is 1.20 bits per heavy atom. The van der Waals surface area contributed by atoms with Crippen LogP contribution in [-0.2, 0) is 28.5 Å². The van der Waals surface area contributed by atoms with Gasteiger partial charge in [0.1, 0.15) is 11.6 Å². The van der Waals surface area contributed by atoms with Gasteiger partial charge in [-0.1, -0.05) is 20.8 Å². The van der Waals surface area contributed by atoms with Crippen LogP contribution < -0.4 is 5.32 Å². The zero-order chi connectivity index (χ0) is 19.4. The molecule has 1 N–H and O–H groups in total. The summed E-state index contributed by atoms with van der Waals surface area (Å²) in [6, 6.07) is -0.940. The Labute approximate surface area is 148 Å². The van der Waals surface area contributed by atoms with Gasteiger partial charge in [-0.25, -0.2) is 14.4 Å². The van der Waals surface area contributed by atoms with Crippen molar-refractivity contribution in [2.75, 3.05) is 7.11 Å². The van der Waals surface area contributed by atoms with Crippen LogP contribution in [0.5, 0.6) is 0 Å². The molecule has 0 aromatic rings. The van der Waals surface area contributed by atoms with Gasteiger partial charge in [-0.05, 0) is 33.6 Å². The van der Waals surface area contributed by atoms with Crippen molar-refractivity contribution < 1.29 is 33.3 Å². The van der Waals surface area contributed by atoms with Crippen LogP contribution in [0.4, 0.5) is 4.79 Å². The van der Waals surface area contributed by atoms with Crippen LogP contribution in [0.15, 0.2) is 0 Å². The molecule has 1 aliphatic heterocycles. The molecule has 0 radical (unpaired) electrons. The molecule has 1 saturated heterocycles. The third-order valence-electron chi connectivity index (χ3n) is 3.38. The highest BCUT2D eigenvalue weighted by molar-refractivity contribution is 5.81. The maximum atomic E-state index is 11.9. The van der Waals surface area contributed by atoms with Crippen molar-refractivity contribution in [2.45, 2.75) is 78.4 Å². The summed E-state index contributed by atoms with van der Waals surface area (Å²) < 4.78 is 20.7. The standard InChI is InChI=1S/C17H29NO7/c1-16(2,3)14-23-11(13(20)24-14)9-8-10(12(19)22-7)18-15(21)25-17(4,5)6/h10-11,14H,8-9H2,1-7H3,(H,18,21)/t10-,11-,14-/m0/s1. The Hall–Kier alpha value is -1.83. The fourth-order valence-electron chi connectivity index (χ4n) is 2.14. The summed E-state index contributed by atoms with van der Waals surface area (Å²) in [6.45, 7) is 10.8. The molecule has 25 heavy (non-hydrogen) atoms. The van der Waals surface area contributed by atoms with Gasteiger partial charge < -0.3 is 24.3 Å². The average molecular weight is 359 g/mol. The zero-order valence-electron chi connectivity index (χ0n) is 16.0. The lowest BCUT2D eigenvalue weighted by molar-refractivity contribution is -0.154. The normalized spacial score (nSPS) is 22.1. The first-order valence-corrected chi connectivity index (χ1v) is 8.27. The van der Waals surface area contributed by atoms with Crippen molar-refractivity contribution in [1.29, 1.82) is 0 Å². The molecule has 1 aliphatic rings. The Balaban J connectivity index is 2.63. The van der Waals surface area contributed by atoms with E-state index < -0.39 is 42.1 Å². The molecule has 1 heterocycles. The van der Waals surface area contributed by atoms with Crippen molar-refractivity contribution >= 4 is 18.0 Å². The fourth-order valence-corrected chi connectivity index (χ4v) is 2.14. The number of esters is 2. The Morgan fingerprint density at radius 2 is 1.80 bits per heavy atom. The van der Waals surface area contributed by atoms with E-state index in [1.165, 1.54) is 7.11 Å². The van der Waals surface area contributed by atoms with Crippen molar-refractivity contribution in [1.82, 2.24) is 5.32 Å². The minimum absolute atomic E-state index is 0.155. The highest BCUT2D eigenvalue weighted by Crippen LogP contribution is 2.31. The van der Waals surface area contributed by atoms with Crippen molar-refractivity contribution in [3.8, 4) is 0 Å². The highest BCUT2D eigenvalue weighted by atomic mass is 16.8. The molecular weight excluding hydrogens is 330 g/mol. The molecule has 8 nitrogen and oxygen atoms in total. The van der Waals surface area contributed by atoms with Gasteiger partial charge in [-0.15, -0.1) is 0 Å². The van der Waals surface area contributed by atoms with E-state index in [9.17, 15) is 14.4 Å². The number of nitrogens with one attached hydrogen (secondary N) is 1. The van der Waals surface area contributed by atoms with Crippen LogP contribution in [0, 0.1) is 5.41 Å². The topological polar surface area (TPSA) is 100 Å². The number of cyclic esters (lactones) is 1. The van der Waals surface area contributed by atoms with Crippen LogP contribution in [0.1, 0.15) is 54.4 Å². The summed E-state index contributed by atoms with van der Waals surface area (Å²) in [4.78, 5) is 35.7. The quantitative estimate of drug-likeness (QED) is 0.593. The predicted octanol–water partition coefficient (Wildman–Crippen LogP) is 2.15. The summed E-state index contributed by atoms with van der Waals surface area (Å²) >= 11 is 0. The largest absolute Gasteiger partial charge is 0.467 e. The maximum absolute atomic E-state index is 11.9. The molecule has 0 aromatic carbocycles. The van der Waals surface area contributed by atoms with E-state index in [0.29, 0.717) is 0 Å². The average Bonchev–Trinajstić information content (AvgIpc) is 2.82. The first-order chi connectivity index (χ1) is 11.3. The molecule has 0 aliphatic carbocycles. The summed E-state index contributed by atoms with van der Waals surface area (Å²) in [6.07, 6.45) is -1.79. The van der Waals surface area contributed by atoms with Gasteiger partial charge >= 0.3 is 18.0 Å². The molecule has 0 saturated carbocycles. The molecule has 144 valence electrons. The first kappa shape index (κ1) is 21.2. The second kappa shape index (κ2) is 8.03. The lowest BCUT2D eigenvalue weighted by Gasteiger charge is -2.24. The number of carbonyl (C=O) groups is 3. The van der Waals surface area contributed by atoms with Gasteiger partial charge in [0.05, 0.1) is 7.11 Å². The molecule has 1 fully saturated rings. The minimum atomic E-state index is -0.940. The summed E-state index contributed by atoms with van der Waals surface area (Å²) in [5.41, 5.74) is -1.04. The Bertz CT molecular complexity index is 504. The van der Waals surface area contributed by atoms with Crippen LogP contribution in [0.2, 0.25) is 0 Å². The Kier molecular flexibility index (Phi) is 6.82. The number of hydrogen-bond donors (Lipinski definition) is 1. The van der Waals surface area contributed by atoms with Gasteiger partial charge in [0, 0.05) is 5.41 Å². The van der Waals surface area contributed by atoms with Crippen LogP contribution in [-0.4, -0.2) is 49.2 Å². The highest BCUT2D eigenvalue weighted by Gasteiger charge is 2.42.